The second kappa shape index (κ2) is 15.0. The first-order chi connectivity index (χ1) is 16.1. The molecule has 3 rings (SSSR count). The van der Waals surface area contributed by atoms with E-state index in [1.54, 1.807) is 0 Å². The molecule has 3 fully saturated rings. The summed E-state index contributed by atoms with van der Waals surface area (Å²) in [6, 6.07) is 0. The highest BCUT2D eigenvalue weighted by atomic mass is 16.5. The van der Waals surface area contributed by atoms with Crippen molar-refractivity contribution in [1.29, 1.82) is 0 Å². The molecule has 0 aromatic rings. The monoisotopic (exact) mass is 468 g/mol. The Hall–Kier alpha value is -0.280. The topological polar surface area (TPSA) is 40.7 Å². The van der Waals surface area contributed by atoms with E-state index < -0.39 is 0 Å². The molecule has 194 valence electrons. The quantitative estimate of drug-likeness (QED) is 0.411. The number of nitrogens with zero attached hydrogens (tertiary/aromatic N) is 4. The Labute approximate surface area is 203 Å². The highest BCUT2D eigenvalue weighted by molar-refractivity contribution is 4.79. The first kappa shape index (κ1) is 27.3. The van der Waals surface area contributed by atoms with Crippen LogP contribution in [-0.4, -0.2) is 136 Å². The largest absolute Gasteiger partial charge is 0.376 e. The third kappa shape index (κ3) is 9.36. The van der Waals surface area contributed by atoms with Crippen molar-refractivity contribution in [2.75, 3.05) is 91.8 Å². The number of morpholine rings is 3. The Morgan fingerprint density at radius 3 is 1.39 bits per heavy atom. The molecule has 3 aliphatic rings. The summed E-state index contributed by atoms with van der Waals surface area (Å²) in [5.74, 6) is 0. The zero-order valence-corrected chi connectivity index (χ0v) is 22.1. The number of hydrogen-bond donors (Lipinski definition) is 0. The molecule has 7 nitrogen and oxygen atoms in total. The summed E-state index contributed by atoms with van der Waals surface area (Å²) in [4.78, 5) is 10.6. The summed E-state index contributed by atoms with van der Waals surface area (Å²) in [6.07, 6.45) is 6.08. The average Bonchev–Trinajstić information content (AvgIpc) is 2.88. The van der Waals surface area contributed by atoms with Crippen LogP contribution in [0.4, 0.5) is 0 Å². The lowest BCUT2D eigenvalue weighted by Gasteiger charge is -2.39. The van der Waals surface area contributed by atoms with Gasteiger partial charge in [-0.25, -0.2) is 0 Å². The van der Waals surface area contributed by atoms with E-state index in [0.29, 0.717) is 24.4 Å². The summed E-state index contributed by atoms with van der Waals surface area (Å²) in [6.45, 7) is 24.2. The van der Waals surface area contributed by atoms with Crippen LogP contribution in [0.15, 0.2) is 0 Å². The summed E-state index contributed by atoms with van der Waals surface area (Å²) >= 11 is 0. The van der Waals surface area contributed by atoms with Crippen molar-refractivity contribution >= 4 is 0 Å². The van der Waals surface area contributed by atoms with Gasteiger partial charge < -0.3 is 14.2 Å². The summed E-state index contributed by atoms with van der Waals surface area (Å²) in [5.41, 5.74) is 0. The van der Waals surface area contributed by atoms with Gasteiger partial charge in [0.1, 0.15) is 0 Å². The van der Waals surface area contributed by atoms with Crippen molar-refractivity contribution in [3.8, 4) is 0 Å². The fraction of sp³-hybridized carbons (Fsp3) is 1.00. The van der Waals surface area contributed by atoms with E-state index in [4.69, 9.17) is 14.2 Å². The van der Waals surface area contributed by atoms with Crippen LogP contribution in [0.3, 0.4) is 0 Å². The van der Waals surface area contributed by atoms with Crippen LogP contribution in [0.25, 0.3) is 0 Å². The lowest BCUT2D eigenvalue weighted by molar-refractivity contribution is -0.0884. The Bertz CT molecular complexity index is 486. The minimum atomic E-state index is 0.399. The molecule has 33 heavy (non-hydrogen) atoms. The maximum Gasteiger partial charge on any atom is 0.0703 e. The molecule has 3 aliphatic heterocycles. The lowest BCUT2D eigenvalue weighted by atomic mass is 10.1. The predicted octanol–water partition coefficient (Wildman–Crippen LogP) is 2.40. The van der Waals surface area contributed by atoms with Gasteiger partial charge in [0.15, 0.2) is 0 Å². The van der Waals surface area contributed by atoms with Crippen LogP contribution >= 0.6 is 0 Å². The molecule has 3 saturated heterocycles. The minimum absolute atomic E-state index is 0.399. The summed E-state index contributed by atoms with van der Waals surface area (Å²) in [7, 11) is 0. The van der Waals surface area contributed by atoms with Crippen LogP contribution in [0, 0.1) is 0 Å². The molecule has 0 aliphatic carbocycles. The van der Waals surface area contributed by atoms with Gasteiger partial charge in [-0.15, -0.1) is 0 Å². The molecular weight excluding hydrogens is 416 g/mol. The molecule has 0 aromatic heterocycles. The third-order valence-electron chi connectivity index (χ3n) is 7.77. The van der Waals surface area contributed by atoms with Crippen LogP contribution in [0.1, 0.15) is 53.4 Å². The first-order valence-corrected chi connectivity index (χ1v) is 13.9. The van der Waals surface area contributed by atoms with Crippen LogP contribution in [0.2, 0.25) is 0 Å². The fourth-order valence-electron chi connectivity index (χ4n) is 5.29. The van der Waals surface area contributed by atoms with E-state index in [-0.39, 0.29) is 0 Å². The Morgan fingerprint density at radius 1 is 0.576 bits per heavy atom. The normalized spacial score (nSPS) is 30.8. The number of ether oxygens (including phenoxy) is 3. The van der Waals surface area contributed by atoms with Gasteiger partial charge in [-0.3, -0.25) is 19.6 Å². The molecule has 0 radical (unpaired) electrons. The SMILES string of the molecule is CCC1CN(CCN(CCN2CCOC(CC)C2)CCN2CC(CC)OC(CC)C2)CCO1. The van der Waals surface area contributed by atoms with Gasteiger partial charge in [-0.1, -0.05) is 27.7 Å². The molecular formula is C26H52N4O3. The molecule has 7 heteroatoms. The van der Waals surface area contributed by atoms with Crippen molar-refractivity contribution < 1.29 is 14.2 Å². The maximum absolute atomic E-state index is 6.22. The van der Waals surface area contributed by atoms with E-state index in [9.17, 15) is 0 Å². The second-order valence-corrected chi connectivity index (χ2v) is 10.2. The fourth-order valence-corrected chi connectivity index (χ4v) is 5.29. The van der Waals surface area contributed by atoms with Crippen molar-refractivity contribution in [3.05, 3.63) is 0 Å². The predicted molar refractivity (Wildman–Crippen MR) is 135 cm³/mol. The minimum Gasteiger partial charge on any atom is -0.376 e. The van der Waals surface area contributed by atoms with Gasteiger partial charge in [0.05, 0.1) is 37.6 Å². The van der Waals surface area contributed by atoms with E-state index in [0.717, 1.165) is 117 Å². The highest BCUT2D eigenvalue weighted by Crippen LogP contribution is 2.16. The van der Waals surface area contributed by atoms with Crippen molar-refractivity contribution in [2.24, 2.45) is 0 Å². The van der Waals surface area contributed by atoms with Gasteiger partial charge in [-0.2, -0.15) is 0 Å². The molecule has 4 atom stereocenters. The van der Waals surface area contributed by atoms with Crippen LogP contribution < -0.4 is 0 Å². The van der Waals surface area contributed by atoms with Gasteiger partial charge in [0.25, 0.3) is 0 Å². The Morgan fingerprint density at radius 2 is 0.970 bits per heavy atom. The zero-order chi connectivity index (χ0) is 23.5. The number of rotatable bonds is 13. The van der Waals surface area contributed by atoms with Crippen molar-refractivity contribution in [3.63, 3.8) is 0 Å². The highest BCUT2D eigenvalue weighted by Gasteiger charge is 2.26. The molecule has 0 saturated carbocycles. The molecule has 0 spiro atoms. The standard InChI is InChI=1S/C26H52N4O3/c1-5-23-19-28(15-17-31-23)12-9-27(10-13-29-16-18-32-24(6-2)20-29)11-14-30-21-25(7-3)33-26(8-4)22-30/h23-26H,5-22H2,1-4H3. The lowest BCUT2D eigenvalue weighted by Crippen LogP contribution is -2.51. The molecule has 0 aromatic carbocycles. The molecule has 0 amide bonds. The maximum atomic E-state index is 6.22. The van der Waals surface area contributed by atoms with Gasteiger partial charge >= 0.3 is 0 Å². The Kier molecular flexibility index (Phi) is 12.4. The molecule has 0 bridgehead atoms. The molecule has 3 heterocycles. The number of hydrogen-bond acceptors (Lipinski definition) is 7. The second-order valence-electron chi connectivity index (χ2n) is 10.2. The van der Waals surface area contributed by atoms with E-state index in [1.165, 1.54) is 0 Å². The zero-order valence-electron chi connectivity index (χ0n) is 22.1. The van der Waals surface area contributed by atoms with E-state index >= 15 is 0 Å². The van der Waals surface area contributed by atoms with Crippen LogP contribution in [-0.2, 0) is 14.2 Å². The van der Waals surface area contributed by atoms with Crippen molar-refractivity contribution in [2.45, 2.75) is 77.8 Å². The van der Waals surface area contributed by atoms with Gasteiger partial charge in [0, 0.05) is 78.5 Å². The van der Waals surface area contributed by atoms with Crippen molar-refractivity contribution in [1.82, 2.24) is 19.6 Å². The summed E-state index contributed by atoms with van der Waals surface area (Å²) < 4.78 is 18.0. The van der Waals surface area contributed by atoms with Gasteiger partial charge in [-0.05, 0) is 25.7 Å². The van der Waals surface area contributed by atoms with Crippen LogP contribution in [0.5, 0.6) is 0 Å². The first-order valence-electron chi connectivity index (χ1n) is 13.9. The molecule has 0 N–H and O–H groups in total. The van der Waals surface area contributed by atoms with E-state index in [2.05, 4.69) is 47.3 Å². The third-order valence-corrected chi connectivity index (χ3v) is 7.77. The molecule has 4 unspecified atom stereocenters. The summed E-state index contributed by atoms with van der Waals surface area (Å²) in [5, 5.41) is 0. The smallest absolute Gasteiger partial charge is 0.0703 e. The Balaban J connectivity index is 1.50. The van der Waals surface area contributed by atoms with Gasteiger partial charge in [0.2, 0.25) is 0 Å². The average molecular weight is 469 g/mol. The van der Waals surface area contributed by atoms with E-state index in [1.807, 2.05) is 0 Å².